The summed E-state index contributed by atoms with van der Waals surface area (Å²) in [6.07, 6.45) is 1.53. The van der Waals surface area contributed by atoms with Gasteiger partial charge in [0.2, 0.25) is 0 Å². The molecule has 1 N–H and O–H groups in total. The van der Waals surface area contributed by atoms with Crippen LogP contribution in [0.2, 0.25) is 0 Å². The maximum Gasteiger partial charge on any atom is 0.310 e. The molecule has 1 atom stereocenters. The van der Waals surface area contributed by atoms with Crippen LogP contribution in [0.5, 0.6) is 0 Å². The molecule has 25 heavy (non-hydrogen) atoms. The van der Waals surface area contributed by atoms with Gasteiger partial charge >= 0.3 is 5.97 Å². The Hall–Kier alpha value is -2.63. The molecule has 1 fully saturated rings. The van der Waals surface area contributed by atoms with Crippen LogP contribution in [-0.2, 0) is 9.53 Å². The normalized spacial score (nSPS) is 17.5. The lowest BCUT2D eigenvalue weighted by atomic mass is 9.96. The minimum absolute atomic E-state index is 0.237. The molecule has 0 saturated carbocycles. The van der Waals surface area contributed by atoms with Crippen molar-refractivity contribution < 1.29 is 9.53 Å². The quantitative estimate of drug-likeness (QED) is 0.663. The van der Waals surface area contributed by atoms with E-state index in [-0.39, 0.29) is 11.9 Å². The molecule has 3 rings (SSSR count). The number of carbonyl (C=O) groups is 1. The minimum Gasteiger partial charge on any atom is -0.466 e. The van der Waals surface area contributed by atoms with E-state index in [1.807, 2.05) is 36.1 Å². The number of esters is 1. The van der Waals surface area contributed by atoms with E-state index in [4.69, 9.17) is 4.74 Å². The van der Waals surface area contributed by atoms with Crippen molar-refractivity contribution in [1.29, 1.82) is 0 Å². The van der Waals surface area contributed by atoms with Crippen molar-refractivity contribution in [2.75, 3.05) is 29.9 Å². The van der Waals surface area contributed by atoms with E-state index in [9.17, 15) is 14.4 Å². The van der Waals surface area contributed by atoms with Crippen LogP contribution >= 0.6 is 0 Å². The highest BCUT2D eigenvalue weighted by molar-refractivity contribution is 5.81. The molecule has 6 nitrogen and oxygen atoms in total. The average Bonchev–Trinajstić information content (AvgIpc) is 2.61. The Balaban J connectivity index is 1.81. The second-order valence-corrected chi connectivity index (χ2v) is 6.41. The highest BCUT2D eigenvalue weighted by Crippen LogP contribution is 2.29. The van der Waals surface area contributed by atoms with Gasteiger partial charge in [-0.3, -0.25) is 14.4 Å². The summed E-state index contributed by atoms with van der Waals surface area (Å²) < 4.78 is 5.10. The fourth-order valence-electron chi connectivity index (χ4n) is 3.30. The minimum atomic E-state index is -0.505. The molecular formula is C19H22N2O4. The van der Waals surface area contributed by atoms with E-state index in [0.29, 0.717) is 31.1 Å². The smallest absolute Gasteiger partial charge is 0.310 e. The summed E-state index contributed by atoms with van der Waals surface area (Å²) in [4.78, 5) is 38.0. The van der Waals surface area contributed by atoms with Gasteiger partial charge < -0.3 is 15.0 Å². The van der Waals surface area contributed by atoms with Gasteiger partial charge in [0, 0.05) is 18.8 Å². The SMILES string of the molecule is CCOC(=O)[C@H]1CCCN(c2c(Nc3cccc(C)c3)c(=O)c2=O)C1. The van der Waals surface area contributed by atoms with Crippen LogP contribution in [0.4, 0.5) is 17.1 Å². The standard InChI is InChI=1S/C19H22N2O4/c1-3-25-19(24)13-7-5-9-21(11-13)16-15(17(22)18(16)23)20-14-8-4-6-12(2)10-14/h4,6,8,10,13,20H,3,5,7,9,11H2,1-2H3/t13-/m0/s1. The summed E-state index contributed by atoms with van der Waals surface area (Å²) in [7, 11) is 0. The zero-order chi connectivity index (χ0) is 18.0. The van der Waals surface area contributed by atoms with Gasteiger partial charge in [-0.1, -0.05) is 12.1 Å². The molecule has 132 valence electrons. The summed E-state index contributed by atoms with van der Waals surface area (Å²) in [6, 6.07) is 7.62. The van der Waals surface area contributed by atoms with Gasteiger partial charge in [-0.15, -0.1) is 0 Å². The van der Waals surface area contributed by atoms with E-state index < -0.39 is 10.9 Å². The third kappa shape index (κ3) is 3.43. The topological polar surface area (TPSA) is 75.7 Å². The molecule has 1 aliphatic rings. The monoisotopic (exact) mass is 342 g/mol. The van der Waals surface area contributed by atoms with Crippen LogP contribution in [0.1, 0.15) is 25.3 Å². The number of hydrogen-bond donors (Lipinski definition) is 1. The number of aryl methyl sites for hydroxylation is 1. The first kappa shape index (κ1) is 17.2. The predicted octanol–water partition coefficient (Wildman–Crippen LogP) is 2.11. The first-order chi connectivity index (χ1) is 12.0. The lowest BCUT2D eigenvalue weighted by Crippen LogP contribution is -2.47. The van der Waals surface area contributed by atoms with Crippen LogP contribution in [0, 0.1) is 12.8 Å². The van der Waals surface area contributed by atoms with Crippen molar-refractivity contribution in [2.45, 2.75) is 26.7 Å². The molecule has 0 unspecified atom stereocenters. The number of benzene rings is 1. The summed E-state index contributed by atoms with van der Waals surface area (Å²) in [6.45, 7) is 5.15. The predicted molar refractivity (Wildman–Crippen MR) is 97.4 cm³/mol. The van der Waals surface area contributed by atoms with Gasteiger partial charge in [0.15, 0.2) is 0 Å². The van der Waals surface area contributed by atoms with Crippen molar-refractivity contribution >= 4 is 23.0 Å². The molecule has 1 aliphatic heterocycles. The molecule has 2 aromatic rings. The molecule has 2 aromatic carbocycles. The fourth-order valence-corrected chi connectivity index (χ4v) is 3.30. The van der Waals surface area contributed by atoms with E-state index in [2.05, 4.69) is 5.32 Å². The molecule has 6 heteroatoms. The van der Waals surface area contributed by atoms with Gasteiger partial charge in [0.25, 0.3) is 10.9 Å². The number of anilines is 3. The van der Waals surface area contributed by atoms with E-state index >= 15 is 0 Å². The Morgan fingerprint density at radius 3 is 2.84 bits per heavy atom. The molecule has 0 bridgehead atoms. The Morgan fingerprint density at radius 2 is 2.12 bits per heavy atom. The van der Waals surface area contributed by atoms with Crippen LogP contribution < -0.4 is 21.1 Å². The van der Waals surface area contributed by atoms with Crippen molar-refractivity contribution in [3.63, 3.8) is 0 Å². The van der Waals surface area contributed by atoms with Crippen molar-refractivity contribution in [3.05, 3.63) is 50.3 Å². The Bertz CT molecular complexity index is 851. The largest absolute Gasteiger partial charge is 0.466 e. The van der Waals surface area contributed by atoms with Crippen LogP contribution in [0.15, 0.2) is 33.9 Å². The molecule has 0 amide bonds. The molecule has 0 radical (unpaired) electrons. The van der Waals surface area contributed by atoms with E-state index in [1.165, 1.54) is 0 Å². The lowest BCUT2D eigenvalue weighted by molar-refractivity contribution is -0.148. The van der Waals surface area contributed by atoms with Gasteiger partial charge in [-0.05, 0) is 44.4 Å². The third-order valence-corrected chi connectivity index (χ3v) is 4.53. The molecule has 1 heterocycles. The summed E-state index contributed by atoms with van der Waals surface area (Å²) in [5.74, 6) is -0.496. The maximum absolute atomic E-state index is 12.1. The van der Waals surface area contributed by atoms with E-state index in [1.54, 1.807) is 6.92 Å². The summed E-state index contributed by atoms with van der Waals surface area (Å²) in [5.41, 5.74) is 1.55. The summed E-state index contributed by atoms with van der Waals surface area (Å²) >= 11 is 0. The average molecular weight is 342 g/mol. The Labute approximate surface area is 146 Å². The molecule has 0 aliphatic carbocycles. The summed E-state index contributed by atoms with van der Waals surface area (Å²) in [5, 5.41) is 3.07. The van der Waals surface area contributed by atoms with Gasteiger partial charge in [0.1, 0.15) is 11.4 Å². The zero-order valence-corrected chi connectivity index (χ0v) is 14.5. The van der Waals surface area contributed by atoms with Crippen molar-refractivity contribution in [3.8, 4) is 0 Å². The Kier molecular flexibility index (Phi) is 4.88. The molecule has 0 spiro atoms. The highest BCUT2D eigenvalue weighted by Gasteiger charge is 2.32. The number of ether oxygens (including phenoxy) is 1. The van der Waals surface area contributed by atoms with Crippen molar-refractivity contribution in [1.82, 2.24) is 0 Å². The maximum atomic E-state index is 12.1. The lowest BCUT2D eigenvalue weighted by Gasteiger charge is -2.34. The van der Waals surface area contributed by atoms with E-state index in [0.717, 1.165) is 24.1 Å². The van der Waals surface area contributed by atoms with Gasteiger partial charge in [-0.2, -0.15) is 0 Å². The zero-order valence-electron chi connectivity index (χ0n) is 14.5. The molecule has 0 aromatic heterocycles. The second-order valence-electron chi connectivity index (χ2n) is 6.41. The fraction of sp³-hybridized carbons (Fsp3) is 0.421. The number of hydrogen-bond acceptors (Lipinski definition) is 6. The number of piperidine rings is 1. The van der Waals surface area contributed by atoms with Crippen LogP contribution in [-0.4, -0.2) is 25.7 Å². The highest BCUT2D eigenvalue weighted by atomic mass is 16.5. The number of rotatable bonds is 5. The third-order valence-electron chi connectivity index (χ3n) is 4.53. The molecule has 1 saturated heterocycles. The van der Waals surface area contributed by atoms with Crippen LogP contribution in [0.25, 0.3) is 0 Å². The second kappa shape index (κ2) is 7.09. The first-order valence-electron chi connectivity index (χ1n) is 8.59. The number of carbonyl (C=O) groups excluding carboxylic acids is 1. The number of nitrogens with one attached hydrogen (secondary N) is 1. The van der Waals surface area contributed by atoms with Gasteiger partial charge in [0.05, 0.1) is 12.5 Å². The number of nitrogens with zero attached hydrogens (tertiary/aromatic N) is 1. The van der Waals surface area contributed by atoms with Crippen molar-refractivity contribution in [2.24, 2.45) is 5.92 Å². The Morgan fingerprint density at radius 1 is 1.32 bits per heavy atom. The van der Waals surface area contributed by atoms with Crippen LogP contribution in [0.3, 0.4) is 0 Å². The molecular weight excluding hydrogens is 320 g/mol. The van der Waals surface area contributed by atoms with Gasteiger partial charge in [-0.25, -0.2) is 0 Å². The first-order valence-corrected chi connectivity index (χ1v) is 8.59.